The molecule has 16 heavy (non-hydrogen) atoms. The Labute approximate surface area is 100 Å². The molecule has 2 rings (SSSR count). The fraction of sp³-hybridized carbons (Fsp3) is 0.625. The van der Waals surface area contributed by atoms with Gasteiger partial charge in [0.15, 0.2) is 0 Å². The molecule has 88 valence electrons. The van der Waals surface area contributed by atoms with Crippen LogP contribution in [-0.2, 0) is 0 Å². The molecular weight excluding hydrogens is 192 g/mol. The zero-order valence-corrected chi connectivity index (χ0v) is 10.5. The van der Waals surface area contributed by atoms with Crippen molar-refractivity contribution in [2.24, 2.45) is 5.92 Å². The Kier molecular flexibility index (Phi) is 4.44. The van der Waals surface area contributed by atoms with Crippen molar-refractivity contribution in [2.45, 2.75) is 58.3 Å². The summed E-state index contributed by atoms with van der Waals surface area (Å²) in [5.41, 5.74) is 3.28. The monoisotopic (exact) mass is 216 g/mol. The van der Waals surface area contributed by atoms with Crippen LogP contribution in [0, 0.1) is 5.92 Å². The summed E-state index contributed by atoms with van der Waals surface area (Å²) >= 11 is 0. The van der Waals surface area contributed by atoms with Crippen molar-refractivity contribution in [2.75, 3.05) is 0 Å². The van der Waals surface area contributed by atoms with Gasteiger partial charge in [-0.2, -0.15) is 0 Å². The van der Waals surface area contributed by atoms with Crippen LogP contribution in [0.3, 0.4) is 0 Å². The van der Waals surface area contributed by atoms with Gasteiger partial charge in [-0.25, -0.2) is 0 Å². The van der Waals surface area contributed by atoms with Gasteiger partial charge in [0.2, 0.25) is 0 Å². The molecule has 0 N–H and O–H groups in total. The van der Waals surface area contributed by atoms with Crippen molar-refractivity contribution < 1.29 is 0 Å². The average Bonchev–Trinajstić information content (AvgIpc) is 2.85. The standard InChI is InChI=1S/C16H24/c1-2-3-13-16(15-11-7-8-12-15)14-9-5-4-6-10-14/h7-8,11-12,14H,2-6,9-10,13H2,1H3. The highest BCUT2D eigenvalue weighted by molar-refractivity contribution is 5.44. The van der Waals surface area contributed by atoms with Crippen molar-refractivity contribution in [3.8, 4) is 0 Å². The van der Waals surface area contributed by atoms with Crippen LogP contribution < -0.4 is 0 Å². The Balaban J connectivity index is 2.10. The molecule has 0 aromatic carbocycles. The summed E-state index contributed by atoms with van der Waals surface area (Å²) in [5, 5.41) is 0. The molecule has 0 atom stereocenters. The quantitative estimate of drug-likeness (QED) is 0.607. The predicted octanol–water partition coefficient (Wildman–Crippen LogP) is 5.18. The highest BCUT2D eigenvalue weighted by atomic mass is 14.2. The molecule has 0 aromatic heterocycles. The molecular formula is C16H24. The van der Waals surface area contributed by atoms with E-state index < -0.39 is 0 Å². The van der Waals surface area contributed by atoms with Gasteiger partial charge in [0, 0.05) is 0 Å². The van der Waals surface area contributed by atoms with Crippen molar-refractivity contribution >= 4 is 0 Å². The first-order valence-corrected chi connectivity index (χ1v) is 6.99. The summed E-state index contributed by atoms with van der Waals surface area (Å²) in [4.78, 5) is 0. The molecule has 0 radical (unpaired) electrons. The van der Waals surface area contributed by atoms with Gasteiger partial charge in [0.1, 0.15) is 0 Å². The summed E-state index contributed by atoms with van der Waals surface area (Å²) in [6, 6.07) is 0. The molecule has 0 heteroatoms. The fourth-order valence-electron chi connectivity index (χ4n) is 2.99. The highest BCUT2D eigenvalue weighted by Crippen LogP contribution is 2.35. The van der Waals surface area contributed by atoms with E-state index in [4.69, 9.17) is 0 Å². The van der Waals surface area contributed by atoms with Crippen molar-refractivity contribution in [1.29, 1.82) is 0 Å². The smallest absolute Gasteiger partial charge is 0.0194 e. The van der Waals surface area contributed by atoms with Crippen LogP contribution in [0.25, 0.3) is 0 Å². The van der Waals surface area contributed by atoms with Gasteiger partial charge in [-0.15, -0.1) is 0 Å². The van der Waals surface area contributed by atoms with Gasteiger partial charge in [0.25, 0.3) is 0 Å². The molecule has 1 fully saturated rings. The van der Waals surface area contributed by atoms with Gasteiger partial charge in [-0.05, 0) is 37.2 Å². The van der Waals surface area contributed by atoms with E-state index in [1.165, 1.54) is 56.9 Å². The second-order valence-corrected chi connectivity index (χ2v) is 5.14. The average molecular weight is 216 g/mol. The van der Waals surface area contributed by atoms with E-state index in [0.717, 1.165) is 5.92 Å². The normalized spacial score (nSPS) is 20.7. The Morgan fingerprint density at radius 2 is 1.81 bits per heavy atom. The van der Waals surface area contributed by atoms with Gasteiger partial charge >= 0.3 is 0 Å². The van der Waals surface area contributed by atoms with E-state index >= 15 is 0 Å². The van der Waals surface area contributed by atoms with E-state index in [1.807, 2.05) is 0 Å². The maximum absolute atomic E-state index is 2.31. The van der Waals surface area contributed by atoms with E-state index in [9.17, 15) is 0 Å². The molecule has 0 spiro atoms. The first-order chi connectivity index (χ1) is 7.92. The van der Waals surface area contributed by atoms with Crippen LogP contribution in [-0.4, -0.2) is 0 Å². The second kappa shape index (κ2) is 6.08. The third-order valence-corrected chi connectivity index (χ3v) is 3.93. The van der Waals surface area contributed by atoms with Gasteiger partial charge in [-0.1, -0.05) is 62.5 Å². The summed E-state index contributed by atoms with van der Waals surface area (Å²) in [6.45, 7) is 2.30. The lowest BCUT2D eigenvalue weighted by atomic mass is 9.80. The molecule has 0 saturated heterocycles. The minimum absolute atomic E-state index is 0.891. The predicted molar refractivity (Wildman–Crippen MR) is 71.4 cm³/mol. The van der Waals surface area contributed by atoms with E-state index in [1.54, 1.807) is 5.57 Å². The number of unbranched alkanes of at least 4 members (excludes halogenated alkanes) is 1. The van der Waals surface area contributed by atoms with E-state index in [-0.39, 0.29) is 0 Å². The van der Waals surface area contributed by atoms with Crippen LogP contribution in [0.2, 0.25) is 0 Å². The van der Waals surface area contributed by atoms with Crippen molar-refractivity contribution in [1.82, 2.24) is 0 Å². The summed E-state index contributed by atoms with van der Waals surface area (Å²) < 4.78 is 0. The number of allylic oxidation sites excluding steroid dienone is 6. The summed E-state index contributed by atoms with van der Waals surface area (Å²) in [6.07, 6.45) is 20.2. The number of hydrogen-bond donors (Lipinski definition) is 0. The molecule has 0 heterocycles. The topological polar surface area (TPSA) is 0 Å². The third-order valence-electron chi connectivity index (χ3n) is 3.93. The second-order valence-electron chi connectivity index (χ2n) is 5.14. The largest absolute Gasteiger partial charge is 0.0654 e. The van der Waals surface area contributed by atoms with Crippen LogP contribution in [0.15, 0.2) is 35.5 Å². The number of hydrogen-bond acceptors (Lipinski definition) is 0. The maximum Gasteiger partial charge on any atom is -0.0194 e. The van der Waals surface area contributed by atoms with Crippen molar-refractivity contribution in [3.63, 3.8) is 0 Å². The van der Waals surface area contributed by atoms with Crippen LogP contribution >= 0.6 is 0 Å². The maximum atomic E-state index is 2.31. The lowest BCUT2D eigenvalue weighted by molar-refractivity contribution is 0.392. The highest BCUT2D eigenvalue weighted by Gasteiger charge is 2.19. The van der Waals surface area contributed by atoms with Crippen LogP contribution in [0.4, 0.5) is 0 Å². The molecule has 0 amide bonds. The zero-order chi connectivity index (χ0) is 11.2. The Hall–Kier alpha value is -0.780. The molecule has 2 aliphatic carbocycles. The SMILES string of the molecule is CCCCC(=C1C=CC=C1)C1CCCCC1. The summed E-state index contributed by atoms with van der Waals surface area (Å²) in [7, 11) is 0. The molecule has 0 unspecified atom stereocenters. The molecule has 2 aliphatic rings. The molecule has 1 saturated carbocycles. The van der Waals surface area contributed by atoms with E-state index in [2.05, 4.69) is 31.2 Å². The molecule has 0 aromatic rings. The minimum atomic E-state index is 0.891. The minimum Gasteiger partial charge on any atom is -0.0654 e. The molecule has 0 aliphatic heterocycles. The first-order valence-electron chi connectivity index (χ1n) is 6.99. The first kappa shape index (κ1) is 11.7. The lowest BCUT2D eigenvalue weighted by Crippen LogP contribution is -2.10. The van der Waals surface area contributed by atoms with Crippen LogP contribution in [0.1, 0.15) is 58.3 Å². The van der Waals surface area contributed by atoms with Crippen LogP contribution in [0.5, 0.6) is 0 Å². The van der Waals surface area contributed by atoms with Gasteiger partial charge in [0.05, 0.1) is 0 Å². The summed E-state index contributed by atoms with van der Waals surface area (Å²) in [5.74, 6) is 0.891. The zero-order valence-electron chi connectivity index (χ0n) is 10.5. The van der Waals surface area contributed by atoms with Crippen molar-refractivity contribution in [3.05, 3.63) is 35.5 Å². The number of rotatable bonds is 4. The third kappa shape index (κ3) is 2.87. The Morgan fingerprint density at radius 1 is 1.12 bits per heavy atom. The van der Waals surface area contributed by atoms with E-state index in [0.29, 0.717) is 0 Å². The lowest BCUT2D eigenvalue weighted by Gasteiger charge is -2.26. The Morgan fingerprint density at radius 3 is 2.44 bits per heavy atom. The van der Waals surface area contributed by atoms with Gasteiger partial charge in [-0.3, -0.25) is 0 Å². The molecule has 0 bridgehead atoms. The fourth-order valence-corrected chi connectivity index (χ4v) is 2.99. The molecule has 0 nitrogen and oxygen atoms in total. The van der Waals surface area contributed by atoms with Gasteiger partial charge < -0.3 is 0 Å². The Bertz CT molecular complexity index is 284.